The van der Waals surface area contributed by atoms with Crippen LogP contribution in [0.5, 0.6) is 0 Å². The van der Waals surface area contributed by atoms with Crippen molar-refractivity contribution in [2.24, 2.45) is 0 Å². The van der Waals surface area contributed by atoms with Gasteiger partial charge in [0, 0.05) is 6.42 Å². The molecule has 5 nitrogen and oxygen atoms in total. The molecule has 1 rings (SSSR count). The third kappa shape index (κ3) is 6.12. The second-order valence-corrected chi connectivity index (χ2v) is 4.28. The van der Waals surface area contributed by atoms with Crippen molar-refractivity contribution in [3.8, 4) is 6.07 Å². The van der Waals surface area contributed by atoms with Crippen molar-refractivity contribution >= 4 is 11.8 Å². The average molecular weight is 275 g/mol. The summed E-state index contributed by atoms with van der Waals surface area (Å²) in [6, 6.07) is 11.2. The van der Waals surface area contributed by atoms with E-state index in [-0.39, 0.29) is 25.0 Å². The van der Waals surface area contributed by atoms with Gasteiger partial charge in [-0.15, -0.1) is 0 Å². The third-order valence-electron chi connectivity index (χ3n) is 2.68. The summed E-state index contributed by atoms with van der Waals surface area (Å²) in [6.45, 7) is 0.308. The molecule has 0 radical (unpaired) electrons. The summed E-state index contributed by atoms with van der Waals surface area (Å²) >= 11 is 0. The van der Waals surface area contributed by atoms with Crippen molar-refractivity contribution in [3.05, 3.63) is 35.9 Å². The molecule has 0 fully saturated rings. The fourth-order valence-corrected chi connectivity index (χ4v) is 1.66. The zero-order chi connectivity index (χ0) is 14.8. The Bertz CT molecular complexity index is 478. The standard InChI is InChI=1S/C15H17NO4/c1-19-15(18)10-14(9-13(17)7-8-16)20-11-12-5-3-2-4-6-12/h2-6,14H,7,9-11H2,1H3/t14-/m1/s1. The number of ether oxygens (including phenoxy) is 2. The van der Waals surface area contributed by atoms with Crippen LogP contribution in [0.4, 0.5) is 0 Å². The zero-order valence-corrected chi connectivity index (χ0v) is 11.4. The first kappa shape index (κ1) is 15.9. The van der Waals surface area contributed by atoms with E-state index in [0.29, 0.717) is 6.61 Å². The van der Waals surface area contributed by atoms with Crippen LogP contribution in [0, 0.1) is 11.3 Å². The Labute approximate surface area is 118 Å². The summed E-state index contributed by atoms with van der Waals surface area (Å²) < 4.78 is 10.2. The van der Waals surface area contributed by atoms with E-state index in [9.17, 15) is 9.59 Å². The van der Waals surface area contributed by atoms with Crippen molar-refractivity contribution in [2.45, 2.75) is 32.0 Å². The van der Waals surface area contributed by atoms with E-state index in [4.69, 9.17) is 10.00 Å². The highest BCUT2D eigenvalue weighted by atomic mass is 16.5. The van der Waals surface area contributed by atoms with Crippen LogP contribution < -0.4 is 0 Å². The predicted molar refractivity (Wildman–Crippen MR) is 71.5 cm³/mol. The number of esters is 1. The first-order chi connectivity index (χ1) is 9.65. The third-order valence-corrected chi connectivity index (χ3v) is 2.68. The molecular weight excluding hydrogens is 258 g/mol. The van der Waals surface area contributed by atoms with Crippen molar-refractivity contribution in [3.63, 3.8) is 0 Å². The van der Waals surface area contributed by atoms with Gasteiger partial charge in [0.2, 0.25) is 0 Å². The fraction of sp³-hybridized carbons (Fsp3) is 0.400. The normalized spacial score (nSPS) is 11.4. The quantitative estimate of drug-likeness (QED) is 0.678. The first-order valence-electron chi connectivity index (χ1n) is 6.26. The fourth-order valence-electron chi connectivity index (χ4n) is 1.66. The highest BCUT2D eigenvalue weighted by molar-refractivity contribution is 5.81. The number of benzene rings is 1. The minimum atomic E-state index is -0.566. The van der Waals surface area contributed by atoms with Crippen LogP contribution in [-0.2, 0) is 25.7 Å². The van der Waals surface area contributed by atoms with Crippen LogP contribution in [0.3, 0.4) is 0 Å². The lowest BCUT2D eigenvalue weighted by Crippen LogP contribution is -2.22. The molecule has 1 atom stereocenters. The highest BCUT2D eigenvalue weighted by Crippen LogP contribution is 2.11. The molecule has 0 aliphatic heterocycles. The predicted octanol–water partition coefficient (Wildman–Crippen LogP) is 2.01. The topological polar surface area (TPSA) is 76.4 Å². The molecule has 0 N–H and O–H groups in total. The van der Waals surface area contributed by atoms with Crippen molar-refractivity contribution < 1.29 is 19.1 Å². The van der Waals surface area contributed by atoms with E-state index >= 15 is 0 Å². The highest BCUT2D eigenvalue weighted by Gasteiger charge is 2.18. The van der Waals surface area contributed by atoms with E-state index < -0.39 is 12.1 Å². The van der Waals surface area contributed by atoms with Gasteiger partial charge in [-0.05, 0) is 5.56 Å². The molecule has 0 aliphatic rings. The van der Waals surface area contributed by atoms with Crippen LogP contribution in [0.15, 0.2) is 30.3 Å². The first-order valence-corrected chi connectivity index (χ1v) is 6.26. The number of ketones is 1. The molecule has 0 saturated heterocycles. The molecule has 0 aliphatic carbocycles. The Morgan fingerprint density at radius 2 is 1.95 bits per heavy atom. The second-order valence-electron chi connectivity index (χ2n) is 4.28. The van der Waals surface area contributed by atoms with Crippen LogP contribution >= 0.6 is 0 Å². The SMILES string of the molecule is COC(=O)C[C@@H](CC(=O)CC#N)OCc1ccccc1. The lowest BCUT2D eigenvalue weighted by atomic mass is 10.1. The molecule has 5 heteroatoms. The number of methoxy groups -OCH3 is 1. The monoisotopic (exact) mass is 275 g/mol. The van der Waals surface area contributed by atoms with Gasteiger partial charge >= 0.3 is 5.97 Å². The van der Waals surface area contributed by atoms with Gasteiger partial charge in [-0.25, -0.2) is 0 Å². The molecule has 1 aromatic carbocycles. The smallest absolute Gasteiger partial charge is 0.308 e. The Morgan fingerprint density at radius 3 is 2.55 bits per heavy atom. The lowest BCUT2D eigenvalue weighted by Gasteiger charge is -2.15. The van der Waals surface area contributed by atoms with E-state index in [2.05, 4.69) is 4.74 Å². The van der Waals surface area contributed by atoms with Gasteiger partial charge in [-0.2, -0.15) is 5.26 Å². The molecular formula is C15H17NO4. The van der Waals surface area contributed by atoms with Gasteiger partial charge < -0.3 is 9.47 Å². The number of hydrogen-bond acceptors (Lipinski definition) is 5. The summed E-state index contributed by atoms with van der Waals surface area (Å²) in [7, 11) is 1.29. The van der Waals surface area contributed by atoms with Gasteiger partial charge in [0.1, 0.15) is 5.78 Å². The van der Waals surface area contributed by atoms with Crippen molar-refractivity contribution in [1.82, 2.24) is 0 Å². The van der Waals surface area contributed by atoms with E-state index in [1.807, 2.05) is 30.3 Å². The van der Waals surface area contributed by atoms with E-state index in [1.54, 1.807) is 6.07 Å². The summed E-state index contributed by atoms with van der Waals surface area (Å²) in [5, 5.41) is 8.48. The lowest BCUT2D eigenvalue weighted by molar-refractivity contribution is -0.144. The number of nitriles is 1. The zero-order valence-electron chi connectivity index (χ0n) is 11.4. The summed E-state index contributed by atoms with van der Waals surface area (Å²) in [6.07, 6.45) is -0.703. The van der Waals surface area contributed by atoms with Gasteiger partial charge in [-0.3, -0.25) is 9.59 Å². The number of nitrogens with zero attached hydrogens (tertiary/aromatic N) is 1. The molecule has 0 bridgehead atoms. The number of hydrogen-bond donors (Lipinski definition) is 0. The Kier molecular flexibility index (Phi) is 7.01. The van der Waals surface area contributed by atoms with Gasteiger partial charge in [0.25, 0.3) is 0 Å². The molecule has 0 heterocycles. The van der Waals surface area contributed by atoms with Crippen LogP contribution in [0.2, 0.25) is 0 Å². The van der Waals surface area contributed by atoms with Gasteiger partial charge in [-0.1, -0.05) is 30.3 Å². The molecule has 0 amide bonds. The largest absolute Gasteiger partial charge is 0.469 e. The van der Waals surface area contributed by atoms with Gasteiger partial charge in [0.05, 0.1) is 38.7 Å². The van der Waals surface area contributed by atoms with E-state index in [0.717, 1.165) is 5.56 Å². The van der Waals surface area contributed by atoms with Crippen LogP contribution in [0.1, 0.15) is 24.8 Å². The number of carbonyl (C=O) groups excluding carboxylic acids is 2. The minimum absolute atomic E-state index is 0.000498. The molecule has 0 spiro atoms. The Balaban J connectivity index is 2.55. The molecule has 0 aromatic heterocycles. The average Bonchev–Trinajstić information content (AvgIpc) is 2.46. The maximum absolute atomic E-state index is 11.5. The molecule has 1 aromatic rings. The number of Topliss-reactive ketones (excluding diaryl/α,β-unsaturated/α-hetero) is 1. The van der Waals surface area contributed by atoms with Gasteiger partial charge in [0.15, 0.2) is 0 Å². The second kappa shape index (κ2) is 8.83. The van der Waals surface area contributed by atoms with Crippen molar-refractivity contribution in [2.75, 3.05) is 7.11 Å². The Hall–Kier alpha value is -2.19. The summed E-state index contributed by atoms with van der Waals surface area (Å²) in [5.74, 6) is -0.678. The maximum atomic E-state index is 11.5. The number of carbonyl (C=O) groups is 2. The molecule has 20 heavy (non-hydrogen) atoms. The Morgan fingerprint density at radius 1 is 1.25 bits per heavy atom. The van der Waals surface area contributed by atoms with Crippen LogP contribution in [0.25, 0.3) is 0 Å². The summed E-state index contributed by atoms with van der Waals surface area (Å²) in [5.41, 5.74) is 0.954. The molecule has 0 saturated carbocycles. The maximum Gasteiger partial charge on any atom is 0.308 e. The number of rotatable bonds is 8. The van der Waals surface area contributed by atoms with Crippen LogP contribution in [-0.4, -0.2) is 25.0 Å². The molecule has 106 valence electrons. The van der Waals surface area contributed by atoms with Crippen molar-refractivity contribution in [1.29, 1.82) is 5.26 Å². The minimum Gasteiger partial charge on any atom is -0.469 e. The summed E-state index contributed by atoms with van der Waals surface area (Å²) in [4.78, 5) is 22.8. The molecule has 0 unspecified atom stereocenters. The van der Waals surface area contributed by atoms with E-state index in [1.165, 1.54) is 7.11 Å².